The van der Waals surface area contributed by atoms with Gasteiger partial charge in [0, 0.05) is 37.4 Å². The highest BCUT2D eigenvalue weighted by molar-refractivity contribution is 6.33. The fourth-order valence-electron chi connectivity index (χ4n) is 2.38. The summed E-state index contributed by atoms with van der Waals surface area (Å²) in [5, 5.41) is 7.56. The van der Waals surface area contributed by atoms with Crippen LogP contribution in [0.25, 0.3) is 0 Å². The van der Waals surface area contributed by atoms with E-state index < -0.39 is 0 Å². The van der Waals surface area contributed by atoms with Crippen molar-refractivity contribution in [1.29, 1.82) is 0 Å². The number of hydrogen-bond donors (Lipinski definition) is 1. The first kappa shape index (κ1) is 18.0. The molecule has 0 aromatic carbocycles. The van der Waals surface area contributed by atoms with Gasteiger partial charge in [-0.3, -0.25) is 14.4 Å². The molecule has 0 fully saturated rings. The molecule has 0 aliphatic rings. The predicted molar refractivity (Wildman–Crippen MR) is 86.8 cm³/mol. The summed E-state index contributed by atoms with van der Waals surface area (Å²) in [4.78, 5) is 14.6. The van der Waals surface area contributed by atoms with Crippen LogP contribution < -0.4 is 5.32 Å². The first-order chi connectivity index (χ1) is 9.76. The van der Waals surface area contributed by atoms with Gasteiger partial charge in [0.05, 0.1) is 5.02 Å². The third kappa shape index (κ3) is 5.00. The molecule has 0 bridgehead atoms. The van der Waals surface area contributed by atoms with E-state index in [0.717, 1.165) is 6.54 Å². The van der Waals surface area contributed by atoms with Crippen molar-refractivity contribution in [3.8, 4) is 0 Å². The van der Waals surface area contributed by atoms with Gasteiger partial charge in [-0.15, -0.1) is 0 Å². The number of hydrogen-bond acceptors (Lipinski definition) is 3. The molecule has 0 unspecified atom stereocenters. The number of aromatic nitrogens is 2. The molecule has 1 aromatic rings. The molecule has 21 heavy (non-hydrogen) atoms. The van der Waals surface area contributed by atoms with Crippen LogP contribution in [0.3, 0.4) is 0 Å². The SMILES string of the molecule is CCn1cc(Cl)c(C(=O)N[C@@H](C)CN(C(C)C)C(C)C)n1. The Kier molecular flexibility index (Phi) is 6.68. The molecule has 1 aromatic heterocycles. The molecule has 0 radical (unpaired) electrons. The van der Waals surface area contributed by atoms with Gasteiger partial charge in [-0.1, -0.05) is 11.6 Å². The first-order valence-electron chi connectivity index (χ1n) is 7.55. The number of halogens is 1. The quantitative estimate of drug-likeness (QED) is 0.842. The maximum absolute atomic E-state index is 12.2. The smallest absolute Gasteiger partial charge is 0.273 e. The van der Waals surface area contributed by atoms with Gasteiger partial charge < -0.3 is 5.32 Å². The second kappa shape index (κ2) is 7.80. The van der Waals surface area contributed by atoms with E-state index >= 15 is 0 Å². The molecule has 120 valence electrons. The monoisotopic (exact) mass is 314 g/mol. The van der Waals surface area contributed by atoms with Gasteiger partial charge in [0.25, 0.3) is 5.91 Å². The fraction of sp³-hybridized carbons (Fsp3) is 0.733. The number of nitrogens with one attached hydrogen (secondary N) is 1. The minimum absolute atomic E-state index is 0.0325. The standard InChI is InChI=1S/C15H27ClN4O/c1-7-19-9-13(16)14(18-19)15(21)17-12(6)8-20(10(2)3)11(4)5/h9-12H,7-8H2,1-6H3,(H,17,21)/t12-/m0/s1. The third-order valence-corrected chi connectivity index (χ3v) is 3.72. The van der Waals surface area contributed by atoms with E-state index in [-0.39, 0.29) is 11.9 Å². The van der Waals surface area contributed by atoms with Crippen molar-refractivity contribution < 1.29 is 4.79 Å². The van der Waals surface area contributed by atoms with Crippen molar-refractivity contribution >= 4 is 17.5 Å². The van der Waals surface area contributed by atoms with Crippen molar-refractivity contribution in [1.82, 2.24) is 20.0 Å². The van der Waals surface area contributed by atoms with E-state index in [2.05, 4.69) is 43.0 Å². The molecule has 1 atom stereocenters. The molecule has 1 amide bonds. The second-order valence-corrected chi connectivity index (χ2v) is 6.35. The van der Waals surface area contributed by atoms with Crippen molar-refractivity contribution in [2.45, 2.75) is 66.2 Å². The van der Waals surface area contributed by atoms with Crippen LogP contribution in [0.15, 0.2) is 6.20 Å². The number of carbonyl (C=O) groups is 1. The van der Waals surface area contributed by atoms with Gasteiger partial charge >= 0.3 is 0 Å². The van der Waals surface area contributed by atoms with Crippen LogP contribution in [0.2, 0.25) is 5.02 Å². The topological polar surface area (TPSA) is 50.2 Å². The Morgan fingerprint density at radius 2 is 1.90 bits per heavy atom. The lowest BCUT2D eigenvalue weighted by molar-refractivity contribution is 0.0905. The van der Waals surface area contributed by atoms with Gasteiger partial charge in [-0.05, 0) is 41.5 Å². The lowest BCUT2D eigenvalue weighted by Crippen LogP contribution is -2.47. The Labute approximate surface area is 132 Å². The molecule has 0 saturated carbocycles. The van der Waals surface area contributed by atoms with E-state index in [1.807, 2.05) is 13.8 Å². The van der Waals surface area contributed by atoms with Crippen molar-refractivity contribution in [3.05, 3.63) is 16.9 Å². The number of rotatable bonds is 7. The normalized spacial score (nSPS) is 13.2. The van der Waals surface area contributed by atoms with E-state index in [4.69, 9.17) is 11.6 Å². The van der Waals surface area contributed by atoms with E-state index in [1.54, 1.807) is 10.9 Å². The molecular formula is C15H27ClN4O. The largest absolute Gasteiger partial charge is 0.347 e. The highest BCUT2D eigenvalue weighted by Gasteiger charge is 2.20. The Morgan fingerprint density at radius 1 is 1.33 bits per heavy atom. The van der Waals surface area contributed by atoms with Crippen LogP contribution >= 0.6 is 11.6 Å². The molecule has 1 N–H and O–H groups in total. The summed E-state index contributed by atoms with van der Waals surface area (Å²) >= 11 is 6.05. The van der Waals surface area contributed by atoms with Crippen LogP contribution in [0, 0.1) is 0 Å². The van der Waals surface area contributed by atoms with Gasteiger partial charge in [0.15, 0.2) is 5.69 Å². The zero-order valence-electron chi connectivity index (χ0n) is 13.9. The molecule has 0 aliphatic heterocycles. The summed E-state index contributed by atoms with van der Waals surface area (Å²) < 4.78 is 1.66. The molecule has 1 rings (SSSR count). The average Bonchev–Trinajstić information content (AvgIpc) is 2.76. The van der Waals surface area contributed by atoms with Crippen LogP contribution in [0.1, 0.15) is 52.0 Å². The average molecular weight is 315 g/mol. The van der Waals surface area contributed by atoms with Gasteiger partial charge in [0.2, 0.25) is 0 Å². The molecule has 0 spiro atoms. The maximum atomic E-state index is 12.2. The van der Waals surface area contributed by atoms with E-state index in [0.29, 0.717) is 29.3 Å². The number of nitrogens with zero attached hydrogens (tertiary/aromatic N) is 3. The lowest BCUT2D eigenvalue weighted by atomic mass is 10.2. The van der Waals surface area contributed by atoms with E-state index in [9.17, 15) is 4.79 Å². The van der Waals surface area contributed by atoms with Gasteiger partial charge in [0.1, 0.15) is 0 Å². The van der Waals surface area contributed by atoms with Crippen LogP contribution in [-0.4, -0.2) is 45.3 Å². The Balaban J connectivity index is 2.67. The summed E-state index contributed by atoms with van der Waals surface area (Å²) in [5.74, 6) is -0.216. The Morgan fingerprint density at radius 3 is 2.33 bits per heavy atom. The highest BCUT2D eigenvalue weighted by atomic mass is 35.5. The van der Waals surface area contributed by atoms with Crippen molar-refractivity contribution in [2.24, 2.45) is 0 Å². The van der Waals surface area contributed by atoms with Crippen molar-refractivity contribution in [2.75, 3.05) is 6.54 Å². The van der Waals surface area contributed by atoms with E-state index in [1.165, 1.54) is 0 Å². The Bertz CT molecular complexity index is 462. The molecular weight excluding hydrogens is 288 g/mol. The summed E-state index contributed by atoms with van der Waals surface area (Å²) in [6.45, 7) is 14.1. The predicted octanol–water partition coefficient (Wildman–Crippen LogP) is 2.79. The summed E-state index contributed by atoms with van der Waals surface area (Å²) in [7, 11) is 0. The zero-order valence-corrected chi connectivity index (χ0v) is 14.6. The minimum Gasteiger partial charge on any atom is -0.347 e. The molecule has 0 aliphatic carbocycles. The summed E-state index contributed by atoms with van der Waals surface area (Å²) in [6.07, 6.45) is 1.68. The van der Waals surface area contributed by atoms with Crippen molar-refractivity contribution in [3.63, 3.8) is 0 Å². The molecule has 0 saturated heterocycles. The number of amides is 1. The summed E-state index contributed by atoms with van der Waals surface area (Å²) in [6, 6.07) is 0.907. The minimum atomic E-state index is -0.216. The molecule has 5 nitrogen and oxygen atoms in total. The number of carbonyl (C=O) groups excluding carboxylic acids is 1. The zero-order chi connectivity index (χ0) is 16.2. The number of aryl methyl sites for hydroxylation is 1. The third-order valence-electron chi connectivity index (χ3n) is 3.44. The summed E-state index contributed by atoms with van der Waals surface area (Å²) in [5.41, 5.74) is 0.297. The Hall–Kier alpha value is -1.07. The van der Waals surface area contributed by atoms with Gasteiger partial charge in [-0.25, -0.2) is 0 Å². The van der Waals surface area contributed by atoms with Gasteiger partial charge in [-0.2, -0.15) is 5.10 Å². The maximum Gasteiger partial charge on any atom is 0.273 e. The molecule has 1 heterocycles. The second-order valence-electron chi connectivity index (χ2n) is 5.94. The highest BCUT2D eigenvalue weighted by Crippen LogP contribution is 2.14. The van der Waals surface area contributed by atoms with Crippen LogP contribution in [0.4, 0.5) is 0 Å². The lowest BCUT2D eigenvalue weighted by Gasteiger charge is -2.33. The van der Waals surface area contributed by atoms with Crippen LogP contribution in [-0.2, 0) is 6.54 Å². The fourth-order valence-corrected chi connectivity index (χ4v) is 2.62. The van der Waals surface area contributed by atoms with Crippen LogP contribution in [0.5, 0.6) is 0 Å². The molecule has 6 heteroatoms. The first-order valence-corrected chi connectivity index (χ1v) is 7.93.